The number of carbonyl (C=O) groups excluding carboxylic acids is 1. The van der Waals surface area contributed by atoms with E-state index in [1.54, 1.807) is 48.5 Å². The summed E-state index contributed by atoms with van der Waals surface area (Å²) >= 11 is 12.2. The highest BCUT2D eigenvalue weighted by Gasteiger charge is 2.28. The molecule has 36 heavy (non-hydrogen) atoms. The lowest BCUT2D eigenvalue weighted by atomic mass is 10.2. The van der Waals surface area contributed by atoms with Crippen molar-refractivity contribution in [2.45, 2.75) is 11.8 Å². The first-order valence-electron chi connectivity index (χ1n) is 10.9. The minimum atomic E-state index is -4.11. The van der Waals surface area contributed by atoms with Gasteiger partial charge in [0, 0.05) is 0 Å². The quantitative estimate of drug-likeness (QED) is 0.263. The van der Waals surface area contributed by atoms with E-state index in [9.17, 15) is 13.2 Å². The summed E-state index contributed by atoms with van der Waals surface area (Å²) in [6.45, 7) is 1.35. The number of amides is 1. The maximum absolute atomic E-state index is 13.6. The van der Waals surface area contributed by atoms with E-state index in [4.69, 9.17) is 27.9 Å². The Morgan fingerprint density at radius 3 is 2.22 bits per heavy atom. The first kappa shape index (κ1) is 25.6. The summed E-state index contributed by atoms with van der Waals surface area (Å²) in [5.41, 5.74) is 1.50. The van der Waals surface area contributed by atoms with Gasteiger partial charge in [-0.05, 0) is 61.5 Å². The molecule has 1 N–H and O–H groups in total. The largest absolute Gasteiger partial charge is 0.455 e. The number of hydrogen-bond acceptors (Lipinski definition) is 4. The van der Waals surface area contributed by atoms with Crippen LogP contribution in [0.25, 0.3) is 0 Å². The van der Waals surface area contributed by atoms with E-state index in [-0.39, 0.29) is 20.6 Å². The number of halogens is 2. The fourth-order valence-electron chi connectivity index (χ4n) is 3.39. The van der Waals surface area contributed by atoms with Crippen LogP contribution in [0.2, 0.25) is 10.0 Å². The lowest BCUT2D eigenvalue weighted by molar-refractivity contribution is -0.114. The van der Waals surface area contributed by atoms with E-state index in [2.05, 4.69) is 5.32 Å². The molecule has 184 valence electrons. The number of nitrogens with zero attached hydrogens (tertiary/aromatic N) is 1. The number of aryl methyl sites for hydroxylation is 1. The summed E-state index contributed by atoms with van der Waals surface area (Å²) in [6, 6.07) is 26.8. The van der Waals surface area contributed by atoms with Crippen molar-refractivity contribution in [2.75, 3.05) is 16.2 Å². The highest BCUT2D eigenvalue weighted by Crippen LogP contribution is 2.32. The number of carbonyl (C=O) groups is 1. The topological polar surface area (TPSA) is 75.7 Å². The van der Waals surface area contributed by atoms with Crippen LogP contribution >= 0.6 is 23.2 Å². The smallest absolute Gasteiger partial charge is 0.264 e. The van der Waals surface area contributed by atoms with E-state index in [0.29, 0.717) is 17.2 Å². The molecular weight excluding hydrogens is 519 g/mol. The van der Waals surface area contributed by atoms with Crippen LogP contribution in [0.3, 0.4) is 0 Å². The molecular formula is C27H22Cl2N2O4S. The Bertz CT molecular complexity index is 1480. The van der Waals surface area contributed by atoms with Gasteiger partial charge in [0.25, 0.3) is 10.0 Å². The van der Waals surface area contributed by atoms with Crippen LogP contribution in [0.1, 0.15) is 5.56 Å². The fourth-order valence-corrected chi connectivity index (χ4v) is 5.09. The molecule has 1 amide bonds. The summed E-state index contributed by atoms with van der Waals surface area (Å²) < 4.78 is 34.1. The molecule has 0 atom stereocenters. The van der Waals surface area contributed by atoms with E-state index >= 15 is 0 Å². The van der Waals surface area contributed by atoms with Gasteiger partial charge in [0.1, 0.15) is 12.3 Å². The number of para-hydroxylation sites is 3. The van der Waals surface area contributed by atoms with Gasteiger partial charge in [-0.3, -0.25) is 9.10 Å². The van der Waals surface area contributed by atoms with Crippen molar-refractivity contribution in [3.63, 3.8) is 0 Å². The molecule has 4 aromatic rings. The number of anilines is 2. The van der Waals surface area contributed by atoms with Gasteiger partial charge in [-0.15, -0.1) is 0 Å². The lowest BCUT2D eigenvalue weighted by Gasteiger charge is -2.24. The van der Waals surface area contributed by atoms with Crippen LogP contribution in [0.5, 0.6) is 11.5 Å². The molecule has 0 heterocycles. The van der Waals surface area contributed by atoms with Gasteiger partial charge in [-0.2, -0.15) is 0 Å². The second-order valence-electron chi connectivity index (χ2n) is 7.88. The number of sulfonamides is 1. The zero-order valence-corrected chi connectivity index (χ0v) is 21.5. The molecule has 0 saturated carbocycles. The van der Waals surface area contributed by atoms with Crippen molar-refractivity contribution in [1.29, 1.82) is 0 Å². The molecule has 0 bridgehead atoms. The van der Waals surface area contributed by atoms with Crippen LogP contribution in [-0.4, -0.2) is 20.9 Å². The molecule has 0 fully saturated rings. The van der Waals surface area contributed by atoms with Gasteiger partial charge in [0.2, 0.25) is 5.91 Å². The molecule has 0 aliphatic carbocycles. The predicted octanol–water partition coefficient (Wildman–Crippen LogP) is 6.93. The minimum absolute atomic E-state index is 0.0415. The van der Waals surface area contributed by atoms with E-state index < -0.39 is 22.5 Å². The highest BCUT2D eigenvalue weighted by atomic mass is 35.5. The third-order valence-corrected chi connectivity index (χ3v) is 7.75. The van der Waals surface area contributed by atoms with Gasteiger partial charge in [-0.1, -0.05) is 71.2 Å². The van der Waals surface area contributed by atoms with Gasteiger partial charge in [0.15, 0.2) is 5.75 Å². The Labute approximate surface area is 220 Å². The van der Waals surface area contributed by atoms with Gasteiger partial charge in [-0.25, -0.2) is 8.42 Å². The van der Waals surface area contributed by atoms with Gasteiger partial charge >= 0.3 is 0 Å². The number of ether oxygens (including phenoxy) is 1. The number of rotatable bonds is 8. The number of nitrogens with one attached hydrogen (secondary N) is 1. The van der Waals surface area contributed by atoms with Crippen LogP contribution in [0.15, 0.2) is 102 Å². The zero-order valence-electron chi connectivity index (χ0n) is 19.2. The Morgan fingerprint density at radius 2 is 1.53 bits per heavy atom. The second-order valence-corrected chi connectivity index (χ2v) is 10.6. The van der Waals surface area contributed by atoms with Crippen molar-refractivity contribution in [3.05, 3.63) is 113 Å². The molecule has 9 heteroatoms. The third-order valence-electron chi connectivity index (χ3n) is 5.22. The number of benzene rings is 4. The molecule has 6 nitrogen and oxygen atoms in total. The predicted molar refractivity (Wildman–Crippen MR) is 144 cm³/mol. The highest BCUT2D eigenvalue weighted by molar-refractivity contribution is 7.92. The Balaban J connectivity index is 1.64. The van der Waals surface area contributed by atoms with Crippen molar-refractivity contribution >= 4 is 50.5 Å². The normalized spacial score (nSPS) is 11.1. The Kier molecular flexibility index (Phi) is 7.84. The first-order valence-corrected chi connectivity index (χ1v) is 13.1. The molecule has 0 aliphatic rings. The zero-order chi connectivity index (χ0) is 25.7. The molecule has 4 aromatic carbocycles. The van der Waals surface area contributed by atoms with E-state index in [0.717, 1.165) is 9.87 Å². The average molecular weight is 541 g/mol. The fraction of sp³-hybridized carbons (Fsp3) is 0.0741. The lowest BCUT2D eigenvalue weighted by Crippen LogP contribution is -2.38. The average Bonchev–Trinajstić information content (AvgIpc) is 2.86. The van der Waals surface area contributed by atoms with Crippen LogP contribution in [-0.2, 0) is 14.8 Å². The minimum Gasteiger partial charge on any atom is -0.455 e. The van der Waals surface area contributed by atoms with Crippen molar-refractivity contribution < 1.29 is 17.9 Å². The van der Waals surface area contributed by atoms with E-state index in [1.807, 2.05) is 25.1 Å². The van der Waals surface area contributed by atoms with Crippen molar-refractivity contribution in [1.82, 2.24) is 0 Å². The summed E-state index contributed by atoms with van der Waals surface area (Å²) in [7, 11) is -4.11. The SMILES string of the molecule is Cc1ccc(S(=O)(=O)N(CC(=O)Nc2ccccc2Oc2ccccc2)c2ccc(Cl)c(Cl)c2)cc1. The summed E-state index contributed by atoms with van der Waals surface area (Å²) in [5.74, 6) is 0.444. The standard InChI is InChI=1S/C27H22Cl2N2O4S/c1-19-11-14-22(15-12-19)36(33,34)31(20-13-16-23(28)24(29)17-20)18-27(32)30-25-9-5-6-10-26(25)35-21-7-3-2-4-8-21/h2-17H,18H2,1H3,(H,30,32). The summed E-state index contributed by atoms with van der Waals surface area (Å²) in [6.07, 6.45) is 0. The van der Waals surface area contributed by atoms with Crippen LogP contribution in [0, 0.1) is 6.92 Å². The molecule has 0 saturated heterocycles. The maximum Gasteiger partial charge on any atom is 0.264 e. The van der Waals surface area contributed by atoms with Crippen molar-refractivity contribution in [2.24, 2.45) is 0 Å². The summed E-state index contributed by atoms with van der Waals surface area (Å²) in [4.78, 5) is 13.2. The summed E-state index contributed by atoms with van der Waals surface area (Å²) in [5, 5.41) is 3.20. The molecule has 0 aromatic heterocycles. The molecule has 4 rings (SSSR count). The number of hydrogen-bond donors (Lipinski definition) is 1. The van der Waals surface area contributed by atoms with Crippen molar-refractivity contribution in [3.8, 4) is 11.5 Å². The second kappa shape index (κ2) is 11.0. The maximum atomic E-state index is 13.6. The molecule has 0 unspecified atom stereocenters. The van der Waals surface area contributed by atoms with Gasteiger partial charge in [0.05, 0.1) is 26.3 Å². The van der Waals surface area contributed by atoms with Gasteiger partial charge < -0.3 is 10.1 Å². The third kappa shape index (κ3) is 5.99. The monoisotopic (exact) mass is 540 g/mol. The Hall–Kier alpha value is -3.52. The Morgan fingerprint density at radius 1 is 0.861 bits per heavy atom. The first-order chi connectivity index (χ1) is 17.2. The molecule has 0 aliphatic heterocycles. The van der Waals surface area contributed by atoms with Crippen LogP contribution < -0.4 is 14.4 Å². The molecule has 0 radical (unpaired) electrons. The van der Waals surface area contributed by atoms with E-state index in [1.165, 1.54) is 30.3 Å². The van der Waals surface area contributed by atoms with Crippen LogP contribution in [0.4, 0.5) is 11.4 Å². The molecule has 0 spiro atoms.